The molecule has 0 saturated heterocycles. The van der Waals surface area contributed by atoms with Gasteiger partial charge in [0.1, 0.15) is 5.75 Å². The first-order valence-electron chi connectivity index (χ1n) is 4.30. The van der Waals surface area contributed by atoms with Crippen LogP contribution >= 0.6 is 0 Å². The highest BCUT2D eigenvalue weighted by molar-refractivity contribution is 6.06. The first-order chi connectivity index (χ1) is 7.10. The van der Waals surface area contributed by atoms with Gasteiger partial charge < -0.3 is 15.8 Å². The molecule has 80 valence electrons. The first-order valence-corrected chi connectivity index (χ1v) is 4.30. The van der Waals surface area contributed by atoms with Crippen LogP contribution < -0.4 is 15.8 Å². The van der Waals surface area contributed by atoms with Crippen molar-refractivity contribution in [2.24, 2.45) is 5.73 Å². The number of methoxy groups -OCH3 is 1. The summed E-state index contributed by atoms with van der Waals surface area (Å²) < 4.78 is 4.95. The van der Waals surface area contributed by atoms with Crippen LogP contribution in [0.4, 0.5) is 0 Å². The Bertz CT molecular complexity index is 402. The maximum atomic E-state index is 11.4. The summed E-state index contributed by atoms with van der Waals surface area (Å²) in [5.41, 5.74) is 5.53. The average molecular weight is 208 g/mol. The third-order valence-corrected chi connectivity index (χ3v) is 1.96. The zero-order valence-electron chi connectivity index (χ0n) is 8.53. The van der Waals surface area contributed by atoms with Crippen LogP contribution in [-0.4, -0.2) is 26.0 Å². The number of carbonyl (C=O) groups excluding carboxylic acids is 2. The summed E-state index contributed by atoms with van der Waals surface area (Å²) in [6.07, 6.45) is 0. The van der Waals surface area contributed by atoms with E-state index in [0.29, 0.717) is 5.75 Å². The fraction of sp³-hybridized carbons (Fsp3) is 0.200. The molecule has 0 aliphatic heterocycles. The van der Waals surface area contributed by atoms with Gasteiger partial charge in [0.15, 0.2) is 0 Å². The van der Waals surface area contributed by atoms with Gasteiger partial charge in [0.05, 0.1) is 18.2 Å². The molecule has 0 saturated carbocycles. The van der Waals surface area contributed by atoms with Crippen LogP contribution in [0.25, 0.3) is 0 Å². The number of hydrogen-bond donors (Lipinski definition) is 2. The smallest absolute Gasteiger partial charge is 0.251 e. The Hall–Kier alpha value is -2.04. The molecular weight excluding hydrogens is 196 g/mol. The highest BCUT2D eigenvalue weighted by Gasteiger charge is 2.14. The number of amides is 2. The van der Waals surface area contributed by atoms with E-state index in [2.05, 4.69) is 5.32 Å². The number of rotatable bonds is 3. The number of benzene rings is 1. The average Bonchev–Trinajstić information content (AvgIpc) is 2.26. The quantitative estimate of drug-likeness (QED) is 0.742. The SMILES string of the molecule is CNC(=O)c1cc(OC)ccc1C(N)=O. The summed E-state index contributed by atoms with van der Waals surface area (Å²) in [6, 6.07) is 4.51. The third kappa shape index (κ3) is 2.25. The fourth-order valence-corrected chi connectivity index (χ4v) is 1.19. The van der Waals surface area contributed by atoms with Crippen molar-refractivity contribution in [1.82, 2.24) is 5.32 Å². The van der Waals surface area contributed by atoms with E-state index in [-0.39, 0.29) is 17.0 Å². The first kappa shape index (κ1) is 11.0. The van der Waals surface area contributed by atoms with E-state index in [1.165, 1.54) is 26.3 Å². The number of nitrogens with two attached hydrogens (primary N) is 1. The van der Waals surface area contributed by atoms with E-state index in [1.807, 2.05) is 0 Å². The lowest BCUT2D eigenvalue weighted by Gasteiger charge is -2.07. The predicted molar refractivity (Wildman–Crippen MR) is 54.9 cm³/mol. The van der Waals surface area contributed by atoms with E-state index in [4.69, 9.17) is 10.5 Å². The lowest BCUT2D eigenvalue weighted by Crippen LogP contribution is -2.23. The minimum atomic E-state index is -0.642. The number of primary amides is 1. The lowest BCUT2D eigenvalue weighted by molar-refractivity contribution is 0.0943. The Labute approximate surface area is 87.2 Å². The molecule has 3 N–H and O–H groups in total. The zero-order chi connectivity index (χ0) is 11.4. The molecule has 5 nitrogen and oxygen atoms in total. The molecule has 0 aliphatic rings. The topological polar surface area (TPSA) is 81.4 Å². The minimum Gasteiger partial charge on any atom is -0.497 e. The van der Waals surface area contributed by atoms with Gasteiger partial charge in [0, 0.05) is 7.05 Å². The van der Waals surface area contributed by atoms with Crippen molar-refractivity contribution in [2.45, 2.75) is 0 Å². The van der Waals surface area contributed by atoms with Crippen molar-refractivity contribution in [3.63, 3.8) is 0 Å². The highest BCUT2D eigenvalue weighted by Crippen LogP contribution is 2.17. The van der Waals surface area contributed by atoms with Gasteiger partial charge in [-0.1, -0.05) is 0 Å². The van der Waals surface area contributed by atoms with E-state index in [9.17, 15) is 9.59 Å². The van der Waals surface area contributed by atoms with Crippen LogP contribution in [0.15, 0.2) is 18.2 Å². The molecule has 0 heterocycles. The molecule has 0 unspecified atom stereocenters. The van der Waals surface area contributed by atoms with Crippen LogP contribution in [0.3, 0.4) is 0 Å². The molecule has 1 rings (SSSR count). The van der Waals surface area contributed by atoms with Crippen molar-refractivity contribution in [3.8, 4) is 5.75 Å². The Morgan fingerprint density at radius 2 is 2.00 bits per heavy atom. The largest absolute Gasteiger partial charge is 0.497 e. The zero-order valence-corrected chi connectivity index (χ0v) is 8.53. The molecule has 0 aliphatic carbocycles. The van der Waals surface area contributed by atoms with Crippen molar-refractivity contribution >= 4 is 11.8 Å². The molecule has 0 radical (unpaired) electrons. The van der Waals surface area contributed by atoms with E-state index >= 15 is 0 Å². The van der Waals surface area contributed by atoms with E-state index in [1.54, 1.807) is 6.07 Å². The molecule has 5 heteroatoms. The molecule has 0 fully saturated rings. The van der Waals surface area contributed by atoms with E-state index < -0.39 is 5.91 Å². The maximum Gasteiger partial charge on any atom is 0.251 e. The molecular formula is C10H12N2O3. The molecule has 0 atom stereocenters. The van der Waals surface area contributed by atoms with Gasteiger partial charge >= 0.3 is 0 Å². The number of nitrogens with one attached hydrogen (secondary N) is 1. The van der Waals surface area contributed by atoms with Crippen molar-refractivity contribution in [2.75, 3.05) is 14.2 Å². The molecule has 2 amide bonds. The second kappa shape index (κ2) is 4.45. The number of carbonyl (C=O) groups is 2. The van der Waals surface area contributed by atoms with Gasteiger partial charge in [0.2, 0.25) is 5.91 Å². The van der Waals surface area contributed by atoms with Gasteiger partial charge in [-0.25, -0.2) is 0 Å². The summed E-state index contributed by atoms with van der Waals surface area (Å²) in [7, 11) is 2.96. The van der Waals surface area contributed by atoms with Gasteiger partial charge in [-0.2, -0.15) is 0 Å². The summed E-state index contributed by atoms with van der Waals surface area (Å²) in [5, 5.41) is 2.43. The standard InChI is InChI=1S/C10H12N2O3/c1-12-10(14)8-5-6(15-2)3-4-7(8)9(11)13/h3-5H,1-2H3,(H2,11,13)(H,12,14). The fourth-order valence-electron chi connectivity index (χ4n) is 1.19. The van der Waals surface area contributed by atoms with Crippen LogP contribution in [0.5, 0.6) is 5.75 Å². The van der Waals surface area contributed by atoms with Gasteiger partial charge in [0.25, 0.3) is 5.91 Å². The molecule has 0 spiro atoms. The maximum absolute atomic E-state index is 11.4. The Balaban J connectivity index is 3.28. The van der Waals surface area contributed by atoms with E-state index in [0.717, 1.165) is 0 Å². The van der Waals surface area contributed by atoms with Crippen LogP contribution in [-0.2, 0) is 0 Å². The summed E-state index contributed by atoms with van der Waals surface area (Å²) in [4.78, 5) is 22.5. The summed E-state index contributed by atoms with van der Waals surface area (Å²) in [5.74, 6) is -0.516. The molecule has 15 heavy (non-hydrogen) atoms. The monoisotopic (exact) mass is 208 g/mol. The predicted octanol–water partition coefficient (Wildman–Crippen LogP) is 0.154. The number of ether oxygens (including phenoxy) is 1. The normalized spacial score (nSPS) is 9.47. The Morgan fingerprint density at radius 1 is 1.33 bits per heavy atom. The Kier molecular flexibility index (Phi) is 3.28. The molecule has 0 aromatic heterocycles. The van der Waals surface area contributed by atoms with Gasteiger partial charge in [-0.15, -0.1) is 0 Å². The third-order valence-electron chi connectivity index (χ3n) is 1.96. The highest BCUT2D eigenvalue weighted by atomic mass is 16.5. The molecule has 1 aromatic rings. The second-order valence-electron chi connectivity index (χ2n) is 2.85. The van der Waals surface area contributed by atoms with Gasteiger partial charge in [-0.3, -0.25) is 9.59 Å². The molecule has 0 bridgehead atoms. The van der Waals surface area contributed by atoms with Crippen LogP contribution in [0, 0.1) is 0 Å². The van der Waals surface area contributed by atoms with Crippen LogP contribution in [0.1, 0.15) is 20.7 Å². The van der Waals surface area contributed by atoms with Gasteiger partial charge in [-0.05, 0) is 18.2 Å². The number of hydrogen-bond acceptors (Lipinski definition) is 3. The van der Waals surface area contributed by atoms with Crippen molar-refractivity contribution in [3.05, 3.63) is 29.3 Å². The Morgan fingerprint density at radius 3 is 2.47 bits per heavy atom. The lowest BCUT2D eigenvalue weighted by atomic mass is 10.1. The van der Waals surface area contributed by atoms with Crippen LogP contribution in [0.2, 0.25) is 0 Å². The summed E-state index contributed by atoms with van der Waals surface area (Å²) >= 11 is 0. The molecule has 1 aromatic carbocycles. The van der Waals surface area contributed by atoms with Crippen molar-refractivity contribution < 1.29 is 14.3 Å². The summed E-state index contributed by atoms with van der Waals surface area (Å²) in [6.45, 7) is 0. The van der Waals surface area contributed by atoms with Crippen molar-refractivity contribution in [1.29, 1.82) is 0 Å². The minimum absolute atomic E-state index is 0.176. The second-order valence-corrected chi connectivity index (χ2v) is 2.85.